The first-order valence-corrected chi connectivity index (χ1v) is 9.80. The van der Waals surface area contributed by atoms with Gasteiger partial charge in [0, 0.05) is 0 Å². The molecular weight excluding hydrogens is 288 g/mol. The summed E-state index contributed by atoms with van der Waals surface area (Å²) in [6.07, 6.45) is 18.9. The zero-order valence-electron chi connectivity index (χ0n) is 14.9. The molecule has 0 nitrogen and oxygen atoms in total. The van der Waals surface area contributed by atoms with Gasteiger partial charge in [-0.25, -0.2) is 0 Å². The van der Waals surface area contributed by atoms with Gasteiger partial charge in [0.25, 0.3) is 0 Å². The smallest absolute Gasteiger partial charge is 0.00574 e. The SMILES string of the molecule is CCCCCCCCC1=Cc2ccc3c4c(ccc(c24)C1)C=CC3. The second kappa shape index (κ2) is 6.97. The molecule has 0 bridgehead atoms. The molecule has 124 valence electrons. The van der Waals surface area contributed by atoms with E-state index < -0.39 is 0 Å². The first kappa shape index (κ1) is 15.7. The Bertz CT molecular complexity index is 804. The van der Waals surface area contributed by atoms with E-state index in [0.29, 0.717) is 0 Å². The molecule has 0 N–H and O–H groups in total. The Kier molecular flexibility index (Phi) is 4.56. The van der Waals surface area contributed by atoms with E-state index in [1.165, 1.54) is 72.4 Å². The van der Waals surface area contributed by atoms with Gasteiger partial charge in [0.05, 0.1) is 0 Å². The first-order valence-electron chi connectivity index (χ1n) is 9.80. The lowest BCUT2D eigenvalue weighted by atomic mass is 9.82. The molecule has 0 spiro atoms. The molecule has 4 rings (SSSR count). The third-order valence-corrected chi connectivity index (χ3v) is 5.66. The summed E-state index contributed by atoms with van der Waals surface area (Å²) >= 11 is 0. The van der Waals surface area contributed by atoms with Crippen LogP contribution in [0, 0.1) is 0 Å². The molecule has 0 atom stereocenters. The van der Waals surface area contributed by atoms with Crippen molar-refractivity contribution in [3.05, 3.63) is 58.2 Å². The van der Waals surface area contributed by atoms with Crippen LogP contribution < -0.4 is 0 Å². The van der Waals surface area contributed by atoms with Gasteiger partial charge < -0.3 is 0 Å². The Hall–Kier alpha value is -1.82. The van der Waals surface area contributed by atoms with Crippen LogP contribution in [-0.2, 0) is 12.8 Å². The predicted molar refractivity (Wildman–Crippen MR) is 106 cm³/mol. The van der Waals surface area contributed by atoms with Crippen LogP contribution in [0.1, 0.15) is 74.1 Å². The standard InChI is InChI=1S/C24H28/c1-2-3-4-5-6-7-9-18-16-21-14-12-19-10-8-11-20-13-15-22(17-18)24(21)23(19)20/h8,10,12-15,17H,2-7,9,11,16H2,1H3. The lowest BCUT2D eigenvalue weighted by Gasteiger charge is -2.22. The third kappa shape index (κ3) is 2.95. The number of unbranched alkanes of at least 4 members (excludes halogenated alkanes) is 5. The fourth-order valence-corrected chi connectivity index (χ4v) is 4.39. The van der Waals surface area contributed by atoms with Gasteiger partial charge in [0.1, 0.15) is 0 Å². The van der Waals surface area contributed by atoms with Crippen LogP contribution in [0.5, 0.6) is 0 Å². The van der Waals surface area contributed by atoms with Crippen molar-refractivity contribution in [1.82, 2.24) is 0 Å². The minimum Gasteiger partial charge on any atom is -0.0795 e. The molecule has 24 heavy (non-hydrogen) atoms. The van der Waals surface area contributed by atoms with Crippen molar-refractivity contribution in [3.63, 3.8) is 0 Å². The van der Waals surface area contributed by atoms with Gasteiger partial charge in [-0.1, -0.05) is 87.1 Å². The zero-order valence-corrected chi connectivity index (χ0v) is 14.9. The molecule has 0 unspecified atom stereocenters. The van der Waals surface area contributed by atoms with Gasteiger partial charge in [-0.3, -0.25) is 0 Å². The third-order valence-electron chi connectivity index (χ3n) is 5.66. The van der Waals surface area contributed by atoms with Gasteiger partial charge in [-0.05, 0) is 58.7 Å². The molecule has 2 aromatic carbocycles. The lowest BCUT2D eigenvalue weighted by molar-refractivity contribution is 0.605. The van der Waals surface area contributed by atoms with Crippen LogP contribution in [0.4, 0.5) is 0 Å². The molecule has 0 saturated heterocycles. The van der Waals surface area contributed by atoms with E-state index >= 15 is 0 Å². The van der Waals surface area contributed by atoms with Crippen LogP contribution in [0.25, 0.3) is 22.9 Å². The average Bonchev–Trinajstić information content (AvgIpc) is 2.62. The summed E-state index contributed by atoms with van der Waals surface area (Å²) in [5.41, 5.74) is 7.54. The summed E-state index contributed by atoms with van der Waals surface area (Å²) in [5, 5.41) is 3.04. The van der Waals surface area contributed by atoms with Crippen LogP contribution in [-0.4, -0.2) is 0 Å². The van der Waals surface area contributed by atoms with E-state index in [1.54, 1.807) is 11.1 Å². The van der Waals surface area contributed by atoms with Crippen molar-refractivity contribution in [1.29, 1.82) is 0 Å². The highest BCUT2D eigenvalue weighted by atomic mass is 14.2. The molecule has 0 heteroatoms. The number of hydrogen-bond donors (Lipinski definition) is 0. The van der Waals surface area contributed by atoms with Crippen molar-refractivity contribution < 1.29 is 0 Å². The van der Waals surface area contributed by atoms with Crippen molar-refractivity contribution >= 4 is 22.9 Å². The van der Waals surface area contributed by atoms with E-state index in [9.17, 15) is 0 Å². The normalized spacial score (nSPS) is 15.0. The topological polar surface area (TPSA) is 0 Å². The Labute approximate surface area is 146 Å². The fourth-order valence-electron chi connectivity index (χ4n) is 4.39. The van der Waals surface area contributed by atoms with Gasteiger partial charge >= 0.3 is 0 Å². The summed E-state index contributed by atoms with van der Waals surface area (Å²) in [4.78, 5) is 0. The van der Waals surface area contributed by atoms with Crippen LogP contribution >= 0.6 is 0 Å². The molecule has 2 aromatic rings. The van der Waals surface area contributed by atoms with Gasteiger partial charge in [-0.2, -0.15) is 0 Å². The summed E-state index contributed by atoms with van der Waals surface area (Å²) in [6, 6.07) is 9.40. The van der Waals surface area contributed by atoms with E-state index in [2.05, 4.69) is 49.4 Å². The largest absolute Gasteiger partial charge is 0.0795 e. The second-order valence-electron chi connectivity index (χ2n) is 7.48. The Morgan fingerprint density at radius 1 is 0.792 bits per heavy atom. The molecule has 0 saturated carbocycles. The maximum atomic E-state index is 2.49. The summed E-state index contributed by atoms with van der Waals surface area (Å²) in [5.74, 6) is 0. The van der Waals surface area contributed by atoms with Crippen molar-refractivity contribution in [2.75, 3.05) is 0 Å². The minimum atomic E-state index is 1.08. The van der Waals surface area contributed by atoms with E-state index in [0.717, 1.165) is 12.8 Å². The molecular formula is C24H28. The highest BCUT2D eigenvalue weighted by Crippen LogP contribution is 2.38. The average molecular weight is 316 g/mol. The quantitative estimate of drug-likeness (QED) is 0.478. The molecule has 0 fully saturated rings. The van der Waals surface area contributed by atoms with Crippen molar-refractivity contribution in [2.24, 2.45) is 0 Å². The van der Waals surface area contributed by atoms with Crippen molar-refractivity contribution in [2.45, 2.75) is 64.7 Å². The van der Waals surface area contributed by atoms with Crippen LogP contribution in [0.3, 0.4) is 0 Å². The molecule has 0 amide bonds. The maximum absolute atomic E-state index is 2.49. The minimum absolute atomic E-state index is 1.08. The van der Waals surface area contributed by atoms with Gasteiger partial charge in [-0.15, -0.1) is 0 Å². The molecule has 0 aromatic heterocycles. The summed E-state index contributed by atoms with van der Waals surface area (Å²) in [6.45, 7) is 2.29. The summed E-state index contributed by atoms with van der Waals surface area (Å²) in [7, 11) is 0. The molecule has 0 heterocycles. The number of hydrogen-bond acceptors (Lipinski definition) is 0. The molecule has 0 aliphatic heterocycles. The van der Waals surface area contributed by atoms with E-state index in [1.807, 2.05) is 0 Å². The highest BCUT2D eigenvalue weighted by Gasteiger charge is 2.18. The van der Waals surface area contributed by atoms with Crippen LogP contribution in [0.15, 0.2) is 35.9 Å². The number of allylic oxidation sites excluding steroid dienone is 2. The second-order valence-corrected chi connectivity index (χ2v) is 7.48. The predicted octanol–water partition coefficient (Wildman–Crippen LogP) is 7.10. The van der Waals surface area contributed by atoms with Gasteiger partial charge in [0.2, 0.25) is 0 Å². The number of rotatable bonds is 7. The maximum Gasteiger partial charge on any atom is -0.00574 e. The molecule has 2 aliphatic rings. The lowest BCUT2D eigenvalue weighted by Crippen LogP contribution is -2.03. The Balaban J connectivity index is 1.53. The zero-order chi connectivity index (χ0) is 16.4. The Morgan fingerprint density at radius 3 is 2.46 bits per heavy atom. The highest BCUT2D eigenvalue weighted by molar-refractivity contribution is 6.03. The summed E-state index contributed by atoms with van der Waals surface area (Å²) < 4.78 is 0. The van der Waals surface area contributed by atoms with Gasteiger partial charge in [0.15, 0.2) is 0 Å². The van der Waals surface area contributed by atoms with E-state index in [4.69, 9.17) is 0 Å². The monoisotopic (exact) mass is 316 g/mol. The Morgan fingerprint density at radius 2 is 1.54 bits per heavy atom. The van der Waals surface area contributed by atoms with Crippen molar-refractivity contribution in [3.8, 4) is 0 Å². The fraction of sp³-hybridized carbons (Fsp3) is 0.417. The number of benzene rings is 2. The first-order chi connectivity index (χ1) is 11.9. The molecule has 2 aliphatic carbocycles. The van der Waals surface area contributed by atoms with E-state index in [-0.39, 0.29) is 0 Å². The van der Waals surface area contributed by atoms with Crippen LogP contribution in [0.2, 0.25) is 0 Å². The molecule has 0 radical (unpaired) electrons.